The zero-order chi connectivity index (χ0) is 24.9. The SMILES string of the molecule is CC1CN(C(=O)COC(=O)[C@@H](Cc2c[nH]c3ccccc23)NC(=O)c2ccc(Cl)cc2)CC(C)O1. The molecule has 8 nitrogen and oxygen atoms in total. The van der Waals surface area contributed by atoms with E-state index in [9.17, 15) is 14.4 Å². The number of amides is 2. The minimum absolute atomic E-state index is 0.0910. The van der Waals surface area contributed by atoms with Crippen molar-refractivity contribution in [2.45, 2.75) is 38.5 Å². The van der Waals surface area contributed by atoms with Crippen LogP contribution in [0.15, 0.2) is 54.7 Å². The molecule has 0 aliphatic carbocycles. The fourth-order valence-electron chi connectivity index (χ4n) is 4.26. The summed E-state index contributed by atoms with van der Waals surface area (Å²) in [6.07, 6.45) is 1.82. The Labute approximate surface area is 208 Å². The first-order valence-electron chi connectivity index (χ1n) is 11.5. The minimum atomic E-state index is -0.993. The van der Waals surface area contributed by atoms with E-state index >= 15 is 0 Å². The predicted octanol–water partition coefficient (Wildman–Crippen LogP) is 3.34. The molecule has 3 aromatic rings. The first-order valence-corrected chi connectivity index (χ1v) is 11.9. The molecule has 4 rings (SSSR count). The highest BCUT2D eigenvalue weighted by Crippen LogP contribution is 2.20. The Bertz CT molecular complexity index is 1200. The van der Waals surface area contributed by atoms with Crippen LogP contribution in [0.2, 0.25) is 5.02 Å². The highest BCUT2D eigenvalue weighted by atomic mass is 35.5. The van der Waals surface area contributed by atoms with Crippen LogP contribution in [0.4, 0.5) is 0 Å². The van der Waals surface area contributed by atoms with Gasteiger partial charge in [0, 0.05) is 47.2 Å². The van der Waals surface area contributed by atoms with Crippen LogP contribution in [0.1, 0.15) is 29.8 Å². The lowest BCUT2D eigenvalue weighted by molar-refractivity contribution is -0.158. The lowest BCUT2D eigenvalue weighted by Gasteiger charge is -2.35. The molecule has 0 bridgehead atoms. The Morgan fingerprint density at radius 3 is 2.51 bits per heavy atom. The Morgan fingerprint density at radius 1 is 1.11 bits per heavy atom. The molecule has 184 valence electrons. The van der Waals surface area contributed by atoms with Gasteiger partial charge in [-0.2, -0.15) is 0 Å². The highest BCUT2D eigenvalue weighted by molar-refractivity contribution is 6.30. The molecule has 1 saturated heterocycles. The van der Waals surface area contributed by atoms with Gasteiger partial charge in [-0.1, -0.05) is 29.8 Å². The van der Waals surface area contributed by atoms with E-state index < -0.39 is 24.5 Å². The number of esters is 1. The number of hydrogen-bond acceptors (Lipinski definition) is 5. The van der Waals surface area contributed by atoms with E-state index in [-0.39, 0.29) is 24.5 Å². The van der Waals surface area contributed by atoms with Crippen molar-refractivity contribution in [3.05, 3.63) is 70.9 Å². The van der Waals surface area contributed by atoms with Crippen LogP contribution >= 0.6 is 11.6 Å². The average Bonchev–Trinajstić information content (AvgIpc) is 3.24. The fourth-order valence-corrected chi connectivity index (χ4v) is 4.39. The summed E-state index contributed by atoms with van der Waals surface area (Å²) in [7, 11) is 0. The van der Waals surface area contributed by atoms with Gasteiger partial charge >= 0.3 is 5.97 Å². The maximum Gasteiger partial charge on any atom is 0.329 e. The summed E-state index contributed by atoms with van der Waals surface area (Å²) in [5.74, 6) is -1.42. The highest BCUT2D eigenvalue weighted by Gasteiger charge is 2.29. The Morgan fingerprint density at radius 2 is 1.80 bits per heavy atom. The molecule has 0 spiro atoms. The van der Waals surface area contributed by atoms with Gasteiger partial charge in [0.25, 0.3) is 11.8 Å². The Kier molecular flexibility index (Phi) is 7.73. The zero-order valence-electron chi connectivity index (χ0n) is 19.6. The number of nitrogens with one attached hydrogen (secondary N) is 2. The van der Waals surface area contributed by atoms with Gasteiger partial charge in [-0.15, -0.1) is 0 Å². The number of H-pyrrole nitrogens is 1. The van der Waals surface area contributed by atoms with E-state index in [1.165, 1.54) is 0 Å². The number of carbonyl (C=O) groups excluding carboxylic acids is 3. The number of aromatic nitrogens is 1. The molecule has 35 heavy (non-hydrogen) atoms. The van der Waals surface area contributed by atoms with Gasteiger partial charge < -0.3 is 24.7 Å². The molecule has 0 radical (unpaired) electrons. The summed E-state index contributed by atoms with van der Waals surface area (Å²) in [5.41, 5.74) is 2.13. The molecule has 1 aliphatic rings. The summed E-state index contributed by atoms with van der Waals surface area (Å²) in [6, 6.07) is 13.1. The molecule has 0 saturated carbocycles. The average molecular weight is 498 g/mol. The lowest BCUT2D eigenvalue weighted by atomic mass is 10.0. The van der Waals surface area contributed by atoms with Crippen LogP contribution in [0.25, 0.3) is 10.9 Å². The monoisotopic (exact) mass is 497 g/mol. The second-order valence-corrected chi connectivity index (χ2v) is 9.20. The van der Waals surface area contributed by atoms with Crippen LogP contribution in [-0.4, -0.2) is 65.6 Å². The second-order valence-electron chi connectivity index (χ2n) is 8.76. The van der Waals surface area contributed by atoms with E-state index in [1.807, 2.05) is 38.1 Å². The molecule has 2 N–H and O–H groups in total. The van der Waals surface area contributed by atoms with E-state index in [0.717, 1.165) is 16.5 Å². The molecule has 1 aromatic heterocycles. The molecule has 2 heterocycles. The summed E-state index contributed by atoms with van der Waals surface area (Å²) >= 11 is 5.92. The molecule has 2 unspecified atom stereocenters. The number of nitrogens with zero attached hydrogens (tertiary/aromatic N) is 1. The van der Waals surface area contributed by atoms with Crippen molar-refractivity contribution in [3.8, 4) is 0 Å². The van der Waals surface area contributed by atoms with Gasteiger partial charge in [0.2, 0.25) is 0 Å². The van der Waals surface area contributed by atoms with E-state index in [0.29, 0.717) is 23.7 Å². The number of morpholine rings is 1. The van der Waals surface area contributed by atoms with Crippen molar-refractivity contribution in [1.82, 2.24) is 15.2 Å². The van der Waals surface area contributed by atoms with Crippen molar-refractivity contribution in [2.75, 3.05) is 19.7 Å². The normalized spacial score (nSPS) is 18.8. The number of rotatable bonds is 7. The topological polar surface area (TPSA) is 101 Å². The number of para-hydroxylation sites is 1. The fraction of sp³-hybridized carbons (Fsp3) is 0.346. The number of hydrogen-bond donors (Lipinski definition) is 2. The molecular formula is C26H28ClN3O5. The number of aromatic amines is 1. The van der Waals surface area contributed by atoms with Crippen molar-refractivity contribution >= 4 is 40.3 Å². The molecule has 2 aromatic carbocycles. The summed E-state index contributed by atoms with van der Waals surface area (Å²) in [6.45, 7) is 4.26. The van der Waals surface area contributed by atoms with Gasteiger partial charge in [-0.05, 0) is 49.7 Å². The van der Waals surface area contributed by atoms with Crippen LogP contribution in [0.5, 0.6) is 0 Å². The van der Waals surface area contributed by atoms with Crippen LogP contribution < -0.4 is 5.32 Å². The van der Waals surface area contributed by atoms with Crippen LogP contribution in [0.3, 0.4) is 0 Å². The van der Waals surface area contributed by atoms with Crippen molar-refractivity contribution < 1.29 is 23.9 Å². The van der Waals surface area contributed by atoms with E-state index in [2.05, 4.69) is 10.3 Å². The standard InChI is InChI=1S/C26H28ClN3O5/c1-16-13-30(14-17(2)35-16)24(31)15-34-26(33)23(29-25(32)18-7-9-20(27)10-8-18)11-19-12-28-22-6-4-3-5-21(19)22/h3-10,12,16-17,23,28H,11,13-15H2,1-2H3,(H,29,32)/t16?,17?,23-/m1/s1. The van der Waals surface area contributed by atoms with Crippen molar-refractivity contribution in [2.24, 2.45) is 0 Å². The third kappa shape index (κ3) is 6.21. The molecule has 1 aliphatic heterocycles. The van der Waals surface area contributed by atoms with Crippen LogP contribution in [0, 0.1) is 0 Å². The number of carbonyl (C=O) groups is 3. The van der Waals surface area contributed by atoms with Crippen molar-refractivity contribution in [1.29, 1.82) is 0 Å². The van der Waals surface area contributed by atoms with Gasteiger partial charge in [-0.25, -0.2) is 4.79 Å². The second kappa shape index (κ2) is 10.9. The van der Waals surface area contributed by atoms with Gasteiger partial charge in [0.15, 0.2) is 6.61 Å². The number of fused-ring (bicyclic) bond motifs is 1. The maximum atomic E-state index is 13.1. The number of benzene rings is 2. The zero-order valence-corrected chi connectivity index (χ0v) is 20.4. The molecule has 9 heteroatoms. The van der Waals surface area contributed by atoms with Crippen LogP contribution in [-0.2, 0) is 25.5 Å². The maximum absolute atomic E-state index is 13.1. The van der Waals surface area contributed by atoms with Gasteiger partial charge in [0.1, 0.15) is 6.04 Å². The van der Waals surface area contributed by atoms with E-state index in [1.54, 1.807) is 35.4 Å². The van der Waals surface area contributed by atoms with Gasteiger partial charge in [-0.3, -0.25) is 9.59 Å². The minimum Gasteiger partial charge on any atom is -0.454 e. The quantitative estimate of drug-likeness (QED) is 0.487. The lowest BCUT2D eigenvalue weighted by Crippen LogP contribution is -2.50. The van der Waals surface area contributed by atoms with Crippen molar-refractivity contribution in [3.63, 3.8) is 0 Å². The summed E-state index contributed by atoms with van der Waals surface area (Å²) in [5, 5.41) is 4.20. The number of ether oxygens (including phenoxy) is 2. The predicted molar refractivity (Wildman–Crippen MR) is 132 cm³/mol. The molecule has 2 amide bonds. The molecule has 1 fully saturated rings. The largest absolute Gasteiger partial charge is 0.454 e. The molecule has 3 atom stereocenters. The Balaban J connectivity index is 1.47. The first-order chi connectivity index (χ1) is 16.8. The number of halogens is 1. The molecular weight excluding hydrogens is 470 g/mol. The smallest absolute Gasteiger partial charge is 0.329 e. The first kappa shape index (κ1) is 24.8. The summed E-state index contributed by atoms with van der Waals surface area (Å²) < 4.78 is 11.0. The summed E-state index contributed by atoms with van der Waals surface area (Å²) in [4.78, 5) is 43.4. The van der Waals surface area contributed by atoms with E-state index in [4.69, 9.17) is 21.1 Å². The van der Waals surface area contributed by atoms with Gasteiger partial charge in [0.05, 0.1) is 12.2 Å². The third-order valence-electron chi connectivity index (χ3n) is 5.91. The Hall–Kier alpha value is -3.36. The third-order valence-corrected chi connectivity index (χ3v) is 6.16.